The van der Waals surface area contributed by atoms with Crippen molar-refractivity contribution in [2.75, 3.05) is 7.11 Å². The van der Waals surface area contributed by atoms with Gasteiger partial charge in [-0.05, 0) is 42.2 Å². The highest BCUT2D eigenvalue weighted by Crippen LogP contribution is 2.26. The first kappa shape index (κ1) is 15.7. The smallest absolute Gasteiger partial charge is 0.198 e. The Morgan fingerprint density at radius 2 is 2.20 bits per heavy atom. The van der Waals surface area contributed by atoms with Crippen LogP contribution in [-0.2, 0) is 11.8 Å². The van der Waals surface area contributed by atoms with Crippen molar-refractivity contribution in [3.05, 3.63) is 58.5 Å². The molecule has 0 aromatic carbocycles. The Morgan fingerprint density at radius 3 is 2.96 bits per heavy atom. The van der Waals surface area contributed by atoms with Crippen molar-refractivity contribution >= 4 is 23.2 Å². The zero-order valence-corrected chi connectivity index (χ0v) is 15.1. The summed E-state index contributed by atoms with van der Waals surface area (Å²) in [4.78, 5) is 9.37. The van der Waals surface area contributed by atoms with Gasteiger partial charge in [0.15, 0.2) is 6.17 Å². The van der Waals surface area contributed by atoms with E-state index < -0.39 is 0 Å². The van der Waals surface area contributed by atoms with Gasteiger partial charge in [-0.25, -0.2) is 9.98 Å². The quantitative estimate of drug-likeness (QED) is 0.918. The van der Waals surface area contributed by atoms with Crippen LogP contribution >= 0.6 is 11.3 Å². The Bertz CT molecular complexity index is 918. The molecule has 0 amide bonds. The van der Waals surface area contributed by atoms with Gasteiger partial charge in [0.05, 0.1) is 12.8 Å². The number of fused-ring (bicyclic) bond motifs is 1. The molecule has 2 aromatic heterocycles. The second kappa shape index (κ2) is 6.25. The van der Waals surface area contributed by atoms with Gasteiger partial charge in [0.25, 0.3) is 0 Å². The summed E-state index contributed by atoms with van der Waals surface area (Å²) >= 11 is 1.70. The highest BCUT2D eigenvalue weighted by Gasteiger charge is 2.28. The molecule has 0 saturated carbocycles. The Hall–Kier alpha value is -2.80. The van der Waals surface area contributed by atoms with Gasteiger partial charge in [-0.15, -0.1) is 0 Å². The highest BCUT2D eigenvalue weighted by atomic mass is 32.1. The summed E-state index contributed by atoms with van der Waals surface area (Å²) in [6.07, 6.45) is 11.6. The average molecular weight is 353 g/mol. The van der Waals surface area contributed by atoms with Gasteiger partial charge in [-0.3, -0.25) is 10.4 Å². The van der Waals surface area contributed by atoms with Crippen LogP contribution in [0.5, 0.6) is 0 Å². The summed E-state index contributed by atoms with van der Waals surface area (Å²) in [6.45, 7) is 2.11. The number of nitrogens with one attached hydrogen (secondary N) is 1. The number of aromatic nitrogens is 2. The largest absolute Gasteiger partial charge is 0.497 e. The van der Waals surface area contributed by atoms with Crippen LogP contribution in [-0.4, -0.2) is 33.7 Å². The molecule has 1 atom stereocenters. The Kier molecular flexibility index (Phi) is 3.93. The van der Waals surface area contributed by atoms with E-state index in [1.165, 1.54) is 11.1 Å². The van der Waals surface area contributed by atoms with E-state index in [4.69, 9.17) is 9.72 Å². The number of allylic oxidation sites excluding steroid dienone is 2. The molecule has 7 heteroatoms. The van der Waals surface area contributed by atoms with Crippen molar-refractivity contribution in [2.24, 2.45) is 12.0 Å². The molecule has 1 unspecified atom stereocenters. The van der Waals surface area contributed by atoms with E-state index in [1.54, 1.807) is 18.4 Å². The number of imidazole rings is 1. The molecule has 0 spiro atoms. The van der Waals surface area contributed by atoms with Gasteiger partial charge in [-0.1, -0.05) is 0 Å². The second-order valence-corrected chi connectivity index (χ2v) is 6.66. The van der Waals surface area contributed by atoms with Gasteiger partial charge in [0.1, 0.15) is 17.4 Å². The zero-order valence-electron chi connectivity index (χ0n) is 14.3. The fourth-order valence-electron chi connectivity index (χ4n) is 2.85. The van der Waals surface area contributed by atoms with Crippen molar-refractivity contribution in [1.29, 1.82) is 0 Å². The molecule has 2 aromatic rings. The van der Waals surface area contributed by atoms with Crippen LogP contribution in [0.2, 0.25) is 0 Å². The van der Waals surface area contributed by atoms with Crippen LogP contribution in [0.3, 0.4) is 0 Å². The average Bonchev–Trinajstić information content (AvgIpc) is 3.30. The summed E-state index contributed by atoms with van der Waals surface area (Å²) in [5, 5.41) is 6.19. The van der Waals surface area contributed by atoms with Crippen LogP contribution in [0.4, 0.5) is 0 Å². The lowest BCUT2D eigenvalue weighted by molar-refractivity contribution is 0.188. The molecule has 0 fully saturated rings. The number of thiophene rings is 1. The first-order chi connectivity index (χ1) is 12.2. The lowest BCUT2D eigenvalue weighted by Gasteiger charge is -2.24. The van der Waals surface area contributed by atoms with Gasteiger partial charge < -0.3 is 9.30 Å². The van der Waals surface area contributed by atoms with E-state index in [0.29, 0.717) is 0 Å². The van der Waals surface area contributed by atoms with E-state index in [9.17, 15) is 0 Å². The van der Waals surface area contributed by atoms with Crippen LogP contribution in [0.1, 0.15) is 11.4 Å². The molecule has 25 heavy (non-hydrogen) atoms. The van der Waals surface area contributed by atoms with Crippen LogP contribution < -0.4 is 5.43 Å². The number of hydrogen-bond acceptors (Lipinski definition) is 6. The monoisotopic (exact) mass is 353 g/mol. The molecular formula is C18H19N5OS. The van der Waals surface area contributed by atoms with E-state index in [0.717, 1.165) is 23.1 Å². The van der Waals surface area contributed by atoms with Gasteiger partial charge >= 0.3 is 0 Å². The third-order valence-corrected chi connectivity index (χ3v) is 5.06. The molecule has 2 aliphatic heterocycles. The minimum absolute atomic E-state index is 0.153. The molecule has 0 radical (unpaired) electrons. The minimum atomic E-state index is -0.153. The van der Waals surface area contributed by atoms with E-state index in [-0.39, 0.29) is 6.17 Å². The van der Waals surface area contributed by atoms with Crippen molar-refractivity contribution in [1.82, 2.24) is 20.0 Å². The van der Waals surface area contributed by atoms with Crippen LogP contribution in [0, 0.1) is 6.92 Å². The van der Waals surface area contributed by atoms with Gasteiger partial charge in [-0.2, -0.15) is 11.3 Å². The lowest BCUT2D eigenvalue weighted by atomic mass is 10.2. The summed E-state index contributed by atoms with van der Waals surface area (Å²) in [7, 11) is 3.66. The van der Waals surface area contributed by atoms with Crippen molar-refractivity contribution in [3.63, 3.8) is 0 Å². The minimum Gasteiger partial charge on any atom is -0.497 e. The SMILES string of the molecule is COC1=CC=CN2NC(/C=C\c3nc(-c4cscc4C)cn3C)=NC12. The zero-order chi connectivity index (χ0) is 17.4. The number of nitrogens with zero attached hydrogens (tertiary/aromatic N) is 4. The maximum atomic E-state index is 5.37. The van der Waals surface area contributed by atoms with Crippen LogP contribution in [0.25, 0.3) is 17.3 Å². The van der Waals surface area contributed by atoms with Crippen molar-refractivity contribution in [3.8, 4) is 11.3 Å². The molecule has 0 aliphatic carbocycles. The van der Waals surface area contributed by atoms with Crippen molar-refractivity contribution in [2.45, 2.75) is 13.1 Å². The Morgan fingerprint density at radius 1 is 1.32 bits per heavy atom. The number of amidine groups is 1. The number of aliphatic imine (C=N–C) groups is 1. The molecule has 6 nitrogen and oxygen atoms in total. The van der Waals surface area contributed by atoms with E-state index in [2.05, 4.69) is 34.3 Å². The van der Waals surface area contributed by atoms with E-state index in [1.807, 2.05) is 47.1 Å². The van der Waals surface area contributed by atoms with Gasteiger partial charge in [0.2, 0.25) is 0 Å². The summed E-state index contributed by atoms with van der Waals surface area (Å²) < 4.78 is 7.39. The number of rotatable bonds is 4. The molecule has 0 bridgehead atoms. The number of aryl methyl sites for hydroxylation is 2. The second-order valence-electron chi connectivity index (χ2n) is 5.92. The highest BCUT2D eigenvalue weighted by molar-refractivity contribution is 7.08. The third-order valence-electron chi connectivity index (χ3n) is 4.20. The molecule has 4 heterocycles. The fraction of sp³-hybridized carbons (Fsp3) is 0.222. The first-order valence-electron chi connectivity index (χ1n) is 7.95. The molecule has 4 rings (SSSR count). The Labute approximate surface area is 150 Å². The lowest BCUT2D eigenvalue weighted by Crippen LogP contribution is -2.38. The first-order valence-corrected chi connectivity index (χ1v) is 8.90. The molecule has 1 N–H and O–H groups in total. The van der Waals surface area contributed by atoms with Crippen molar-refractivity contribution < 1.29 is 4.74 Å². The van der Waals surface area contributed by atoms with Crippen LogP contribution in [0.15, 0.2) is 52.1 Å². The number of ether oxygens (including phenoxy) is 1. The predicted octanol–water partition coefficient (Wildman–Crippen LogP) is 3.07. The molecular weight excluding hydrogens is 334 g/mol. The maximum Gasteiger partial charge on any atom is 0.198 e. The number of methoxy groups -OCH3 is 1. The summed E-state index contributed by atoms with van der Waals surface area (Å²) in [6, 6.07) is 0. The Balaban J connectivity index is 1.55. The number of hydrazine groups is 1. The van der Waals surface area contributed by atoms with Gasteiger partial charge in [0, 0.05) is 30.4 Å². The molecule has 0 saturated heterocycles. The predicted molar refractivity (Wildman–Crippen MR) is 101 cm³/mol. The maximum absolute atomic E-state index is 5.37. The van der Waals surface area contributed by atoms with E-state index >= 15 is 0 Å². The summed E-state index contributed by atoms with van der Waals surface area (Å²) in [5.41, 5.74) is 6.68. The molecule has 2 aliphatic rings. The topological polar surface area (TPSA) is 54.7 Å². The summed E-state index contributed by atoms with van der Waals surface area (Å²) in [5.74, 6) is 2.47. The fourth-order valence-corrected chi connectivity index (χ4v) is 3.69. The standard InChI is InChI=1S/C18H19N5OS/c1-12-10-25-11-13(12)14-9-22(2)17(19-14)7-6-16-20-18-15(24-3)5-4-8-23(18)21-16/h4-11,18H,1-3H3,(H,20,21)/b7-6-. The third kappa shape index (κ3) is 2.87. The normalized spacial score (nSPS) is 19.0. The number of hydrogen-bond donors (Lipinski definition) is 1. The molecule has 128 valence electrons.